The van der Waals surface area contributed by atoms with Crippen molar-refractivity contribution in [2.75, 3.05) is 25.2 Å². The molecule has 90 valence electrons. The number of nitrogens with two attached hydrogens (primary N) is 1. The van der Waals surface area contributed by atoms with Gasteiger partial charge in [-0.2, -0.15) is 11.8 Å². The van der Waals surface area contributed by atoms with Gasteiger partial charge >= 0.3 is 5.97 Å². The molecule has 0 saturated carbocycles. The quantitative estimate of drug-likeness (QED) is 0.480. The zero-order valence-corrected chi connectivity index (χ0v) is 10.3. The Morgan fingerprint density at radius 2 is 2.13 bits per heavy atom. The second-order valence-electron chi connectivity index (χ2n) is 3.70. The summed E-state index contributed by atoms with van der Waals surface area (Å²) in [6.07, 6.45) is 2.55. The molecular weight excluding hydrogens is 214 g/mol. The van der Waals surface area contributed by atoms with Crippen molar-refractivity contribution in [1.29, 1.82) is 0 Å². The summed E-state index contributed by atoms with van der Waals surface area (Å²) in [4.78, 5) is 11.2. The Balaban J connectivity index is 3.53. The van der Waals surface area contributed by atoms with E-state index in [0.717, 1.165) is 24.3 Å². The molecule has 0 radical (unpaired) electrons. The molecule has 0 rings (SSSR count). The molecule has 0 aliphatic rings. The van der Waals surface area contributed by atoms with Crippen LogP contribution >= 0.6 is 11.8 Å². The second kappa shape index (κ2) is 7.96. The topological polar surface area (TPSA) is 72.5 Å². The highest BCUT2D eigenvalue weighted by Gasteiger charge is 2.28. The van der Waals surface area contributed by atoms with E-state index >= 15 is 0 Å². The summed E-state index contributed by atoms with van der Waals surface area (Å²) >= 11 is 1.71. The molecule has 1 unspecified atom stereocenters. The standard InChI is InChI=1S/C10H21NO3S/c1-10(11,9(13)14-2)5-3-4-7-15-8-6-12/h12H,3-8,11H2,1-2H3. The van der Waals surface area contributed by atoms with Gasteiger partial charge in [0.15, 0.2) is 0 Å². The van der Waals surface area contributed by atoms with E-state index in [1.54, 1.807) is 18.7 Å². The molecule has 0 saturated heterocycles. The van der Waals surface area contributed by atoms with E-state index in [2.05, 4.69) is 4.74 Å². The maximum Gasteiger partial charge on any atom is 0.325 e. The van der Waals surface area contributed by atoms with Gasteiger partial charge in [-0.05, 0) is 25.5 Å². The number of ether oxygens (including phenoxy) is 1. The molecule has 0 heterocycles. The first-order chi connectivity index (χ1) is 7.04. The summed E-state index contributed by atoms with van der Waals surface area (Å²) in [5.74, 6) is 1.42. The number of hydrogen-bond donors (Lipinski definition) is 2. The van der Waals surface area contributed by atoms with E-state index in [-0.39, 0.29) is 12.6 Å². The van der Waals surface area contributed by atoms with E-state index in [4.69, 9.17) is 10.8 Å². The summed E-state index contributed by atoms with van der Waals surface area (Å²) in [6.45, 7) is 1.92. The highest BCUT2D eigenvalue weighted by Crippen LogP contribution is 2.14. The number of carbonyl (C=O) groups is 1. The molecule has 0 amide bonds. The third-order valence-corrected chi connectivity index (χ3v) is 3.17. The van der Waals surface area contributed by atoms with Crippen LogP contribution in [0.5, 0.6) is 0 Å². The van der Waals surface area contributed by atoms with Crippen molar-refractivity contribution >= 4 is 17.7 Å². The van der Waals surface area contributed by atoms with Gasteiger partial charge in [-0.15, -0.1) is 0 Å². The lowest BCUT2D eigenvalue weighted by atomic mass is 9.97. The first-order valence-corrected chi connectivity index (χ1v) is 6.26. The minimum atomic E-state index is -0.865. The zero-order chi connectivity index (χ0) is 11.7. The monoisotopic (exact) mass is 235 g/mol. The number of hydrogen-bond acceptors (Lipinski definition) is 5. The van der Waals surface area contributed by atoms with Crippen LogP contribution in [0.2, 0.25) is 0 Å². The molecule has 0 bridgehead atoms. The van der Waals surface area contributed by atoms with Crippen molar-refractivity contribution < 1.29 is 14.6 Å². The molecule has 0 aromatic carbocycles. The maximum absolute atomic E-state index is 11.2. The van der Waals surface area contributed by atoms with Crippen LogP contribution in [0.3, 0.4) is 0 Å². The maximum atomic E-state index is 11.2. The predicted octanol–water partition coefficient (Wildman–Crippen LogP) is 0.773. The smallest absolute Gasteiger partial charge is 0.325 e. The van der Waals surface area contributed by atoms with Gasteiger partial charge in [0.25, 0.3) is 0 Å². The summed E-state index contributed by atoms with van der Waals surface area (Å²) < 4.78 is 4.61. The Morgan fingerprint density at radius 1 is 1.47 bits per heavy atom. The SMILES string of the molecule is COC(=O)C(C)(N)CCCCSCCO. The lowest BCUT2D eigenvalue weighted by molar-refractivity contribution is -0.146. The number of thioether (sulfide) groups is 1. The average molecular weight is 235 g/mol. The summed E-state index contributed by atoms with van der Waals surface area (Å²) in [7, 11) is 1.35. The number of esters is 1. The third-order valence-electron chi connectivity index (χ3n) is 2.12. The fourth-order valence-corrected chi connectivity index (χ4v) is 1.94. The Bertz CT molecular complexity index is 186. The second-order valence-corrected chi connectivity index (χ2v) is 4.93. The number of methoxy groups -OCH3 is 1. The van der Waals surface area contributed by atoms with Crippen molar-refractivity contribution in [2.45, 2.75) is 31.7 Å². The molecule has 0 aliphatic heterocycles. The van der Waals surface area contributed by atoms with Crippen LogP contribution in [-0.2, 0) is 9.53 Å². The summed E-state index contributed by atoms with van der Waals surface area (Å²) in [5.41, 5.74) is 4.93. The fourth-order valence-electron chi connectivity index (χ4n) is 1.20. The molecule has 15 heavy (non-hydrogen) atoms. The number of rotatable bonds is 8. The Morgan fingerprint density at radius 3 is 2.67 bits per heavy atom. The van der Waals surface area contributed by atoms with Crippen molar-refractivity contribution in [2.24, 2.45) is 5.73 Å². The molecule has 0 fully saturated rings. The highest BCUT2D eigenvalue weighted by molar-refractivity contribution is 7.99. The van der Waals surface area contributed by atoms with E-state index in [9.17, 15) is 4.79 Å². The van der Waals surface area contributed by atoms with Gasteiger partial charge in [-0.25, -0.2) is 0 Å². The molecular formula is C10H21NO3S. The number of aliphatic hydroxyl groups is 1. The normalized spacial score (nSPS) is 14.7. The van der Waals surface area contributed by atoms with Crippen LogP contribution in [0, 0.1) is 0 Å². The van der Waals surface area contributed by atoms with Crippen LogP contribution in [-0.4, -0.2) is 41.8 Å². The largest absolute Gasteiger partial charge is 0.468 e. The van der Waals surface area contributed by atoms with E-state index in [1.165, 1.54) is 7.11 Å². The molecule has 0 aromatic rings. The van der Waals surface area contributed by atoms with Gasteiger partial charge in [0.2, 0.25) is 0 Å². The van der Waals surface area contributed by atoms with Crippen LogP contribution in [0.15, 0.2) is 0 Å². The van der Waals surface area contributed by atoms with Crippen LogP contribution in [0.1, 0.15) is 26.2 Å². The minimum Gasteiger partial charge on any atom is -0.468 e. The number of aliphatic hydroxyl groups excluding tert-OH is 1. The Labute approximate surface area is 95.6 Å². The molecule has 5 heteroatoms. The third kappa shape index (κ3) is 6.76. The number of unbranched alkanes of at least 4 members (excludes halogenated alkanes) is 1. The lowest BCUT2D eigenvalue weighted by Gasteiger charge is -2.20. The van der Waals surface area contributed by atoms with E-state index in [1.807, 2.05) is 0 Å². The summed E-state index contributed by atoms with van der Waals surface area (Å²) in [5, 5.41) is 8.55. The molecule has 4 nitrogen and oxygen atoms in total. The summed E-state index contributed by atoms with van der Waals surface area (Å²) in [6, 6.07) is 0. The van der Waals surface area contributed by atoms with Gasteiger partial charge < -0.3 is 15.6 Å². The van der Waals surface area contributed by atoms with Gasteiger partial charge in [0.1, 0.15) is 5.54 Å². The molecule has 0 spiro atoms. The van der Waals surface area contributed by atoms with Gasteiger partial charge in [0.05, 0.1) is 13.7 Å². The molecule has 0 aliphatic carbocycles. The van der Waals surface area contributed by atoms with Gasteiger partial charge in [-0.3, -0.25) is 4.79 Å². The van der Waals surface area contributed by atoms with Crippen LogP contribution < -0.4 is 5.73 Å². The molecule has 1 atom stereocenters. The Kier molecular flexibility index (Phi) is 7.82. The van der Waals surface area contributed by atoms with Crippen molar-refractivity contribution in [3.8, 4) is 0 Å². The fraction of sp³-hybridized carbons (Fsp3) is 0.900. The van der Waals surface area contributed by atoms with Crippen molar-refractivity contribution in [1.82, 2.24) is 0 Å². The number of carbonyl (C=O) groups excluding carboxylic acids is 1. The van der Waals surface area contributed by atoms with E-state index < -0.39 is 5.54 Å². The van der Waals surface area contributed by atoms with Crippen molar-refractivity contribution in [3.05, 3.63) is 0 Å². The van der Waals surface area contributed by atoms with Gasteiger partial charge in [-0.1, -0.05) is 6.42 Å². The molecule has 3 N–H and O–H groups in total. The van der Waals surface area contributed by atoms with Crippen LogP contribution in [0.4, 0.5) is 0 Å². The van der Waals surface area contributed by atoms with Crippen molar-refractivity contribution in [3.63, 3.8) is 0 Å². The minimum absolute atomic E-state index is 0.224. The lowest BCUT2D eigenvalue weighted by Crippen LogP contribution is -2.45. The van der Waals surface area contributed by atoms with Gasteiger partial charge in [0, 0.05) is 5.75 Å². The first-order valence-electron chi connectivity index (χ1n) is 5.10. The van der Waals surface area contributed by atoms with E-state index in [0.29, 0.717) is 6.42 Å². The Hall–Kier alpha value is -0.260. The van der Waals surface area contributed by atoms with Crippen LogP contribution in [0.25, 0.3) is 0 Å². The average Bonchev–Trinajstić information content (AvgIpc) is 2.22. The highest BCUT2D eigenvalue weighted by atomic mass is 32.2. The first kappa shape index (κ1) is 14.7. The predicted molar refractivity (Wildman–Crippen MR) is 62.9 cm³/mol. The molecule has 0 aromatic heterocycles. The zero-order valence-electron chi connectivity index (χ0n) is 9.49.